The van der Waals surface area contributed by atoms with Crippen LogP contribution in [0.2, 0.25) is 0 Å². The Morgan fingerprint density at radius 3 is 2.79 bits per heavy atom. The largest absolute Gasteiger partial charge is 0.289 e. The van der Waals surface area contributed by atoms with Crippen LogP contribution in [0, 0.1) is 18.7 Å². The third-order valence-electron chi connectivity index (χ3n) is 2.72. The summed E-state index contributed by atoms with van der Waals surface area (Å²) < 4.78 is 13.6. The second kappa shape index (κ2) is 3.52. The summed E-state index contributed by atoms with van der Waals surface area (Å²) in [7, 11) is 0. The van der Waals surface area contributed by atoms with E-state index in [0.717, 1.165) is 17.5 Å². The van der Waals surface area contributed by atoms with Crippen molar-refractivity contribution in [1.82, 2.24) is 0 Å². The van der Waals surface area contributed by atoms with E-state index < -0.39 is 0 Å². The van der Waals surface area contributed by atoms with Crippen LogP contribution in [0.4, 0.5) is 4.39 Å². The van der Waals surface area contributed by atoms with E-state index in [1.54, 1.807) is 6.07 Å². The van der Waals surface area contributed by atoms with Crippen LogP contribution < -0.4 is 0 Å². The van der Waals surface area contributed by atoms with Gasteiger partial charge in [-0.3, -0.25) is 4.99 Å². The van der Waals surface area contributed by atoms with Gasteiger partial charge in [0.15, 0.2) is 0 Å². The topological polar surface area (TPSA) is 12.4 Å². The minimum absolute atomic E-state index is 0.0335. The first-order valence-corrected chi connectivity index (χ1v) is 4.97. The molecule has 1 nitrogen and oxygen atoms in total. The molecule has 2 heteroatoms. The van der Waals surface area contributed by atoms with Gasteiger partial charge in [-0.2, -0.15) is 0 Å². The molecule has 0 radical (unpaired) electrons. The Kier molecular flexibility index (Phi) is 2.36. The molecular formula is C12H14FN. The zero-order valence-corrected chi connectivity index (χ0v) is 8.50. The highest BCUT2D eigenvalue weighted by Crippen LogP contribution is 2.32. The molecule has 1 aliphatic heterocycles. The van der Waals surface area contributed by atoms with E-state index in [9.17, 15) is 4.39 Å². The molecule has 1 aromatic carbocycles. The summed E-state index contributed by atoms with van der Waals surface area (Å²) in [6, 6.07) is 5.24. The minimum atomic E-state index is -0.124. The van der Waals surface area contributed by atoms with Crippen molar-refractivity contribution in [2.75, 3.05) is 0 Å². The van der Waals surface area contributed by atoms with Gasteiger partial charge in [0.05, 0.1) is 6.04 Å². The number of aryl methyl sites for hydroxylation is 1. The fourth-order valence-corrected chi connectivity index (χ4v) is 1.98. The summed E-state index contributed by atoms with van der Waals surface area (Å²) in [4.78, 5) is 4.34. The van der Waals surface area contributed by atoms with E-state index in [1.807, 2.05) is 19.2 Å². The summed E-state index contributed by atoms with van der Waals surface area (Å²) in [6.45, 7) is 4.05. The molecule has 0 fully saturated rings. The Morgan fingerprint density at radius 1 is 1.43 bits per heavy atom. The maximum Gasteiger partial charge on any atom is 0.128 e. The highest BCUT2D eigenvalue weighted by atomic mass is 19.1. The van der Waals surface area contributed by atoms with Gasteiger partial charge in [0.1, 0.15) is 5.82 Å². The first-order valence-electron chi connectivity index (χ1n) is 4.97. The molecule has 1 heterocycles. The van der Waals surface area contributed by atoms with E-state index in [2.05, 4.69) is 11.9 Å². The number of nitrogens with zero attached hydrogens (tertiary/aromatic N) is 1. The summed E-state index contributed by atoms with van der Waals surface area (Å²) in [6.07, 6.45) is 2.86. The lowest BCUT2D eigenvalue weighted by Gasteiger charge is -2.12. The fraction of sp³-hybridized carbons (Fsp3) is 0.417. The van der Waals surface area contributed by atoms with Gasteiger partial charge in [-0.1, -0.05) is 19.1 Å². The molecule has 0 saturated carbocycles. The quantitative estimate of drug-likeness (QED) is 0.646. The Morgan fingerprint density at radius 2 is 2.21 bits per heavy atom. The molecule has 1 aromatic rings. The van der Waals surface area contributed by atoms with Crippen molar-refractivity contribution in [1.29, 1.82) is 0 Å². The zero-order chi connectivity index (χ0) is 10.1. The molecule has 0 bridgehead atoms. The number of rotatable bonds is 1. The van der Waals surface area contributed by atoms with Gasteiger partial charge in [0.2, 0.25) is 0 Å². The van der Waals surface area contributed by atoms with Gasteiger partial charge in [-0.25, -0.2) is 4.39 Å². The van der Waals surface area contributed by atoms with Crippen molar-refractivity contribution in [3.05, 3.63) is 35.1 Å². The van der Waals surface area contributed by atoms with Crippen molar-refractivity contribution in [2.24, 2.45) is 10.9 Å². The summed E-state index contributed by atoms with van der Waals surface area (Å²) in [5.41, 5.74) is 1.77. The van der Waals surface area contributed by atoms with Gasteiger partial charge >= 0.3 is 0 Å². The van der Waals surface area contributed by atoms with Gasteiger partial charge in [0, 0.05) is 11.8 Å². The van der Waals surface area contributed by atoms with Crippen molar-refractivity contribution in [3.63, 3.8) is 0 Å². The smallest absolute Gasteiger partial charge is 0.128 e. The second-order valence-corrected chi connectivity index (χ2v) is 4.00. The number of benzene rings is 1. The lowest BCUT2D eigenvalue weighted by molar-refractivity contribution is 0.558. The molecule has 0 saturated heterocycles. The van der Waals surface area contributed by atoms with Crippen LogP contribution >= 0.6 is 0 Å². The molecule has 0 N–H and O–H groups in total. The zero-order valence-electron chi connectivity index (χ0n) is 8.50. The predicted molar refractivity (Wildman–Crippen MR) is 56.2 cm³/mol. The van der Waals surface area contributed by atoms with Crippen molar-refractivity contribution >= 4 is 6.21 Å². The van der Waals surface area contributed by atoms with E-state index in [-0.39, 0.29) is 11.9 Å². The van der Waals surface area contributed by atoms with E-state index in [0.29, 0.717) is 5.92 Å². The van der Waals surface area contributed by atoms with Crippen LogP contribution in [0.5, 0.6) is 0 Å². The van der Waals surface area contributed by atoms with Crippen LogP contribution in [0.25, 0.3) is 0 Å². The van der Waals surface area contributed by atoms with Crippen LogP contribution in [0.1, 0.15) is 30.5 Å². The van der Waals surface area contributed by atoms with Crippen molar-refractivity contribution in [3.8, 4) is 0 Å². The van der Waals surface area contributed by atoms with E-state index >= 15 is 0 Å². The molecule has 2 rings (SSSR count). The van der Waals surface area contributed by atoms with Gasteiger partial charge < -0.3 is 0 Å². The molecule has 0 amide bonds. The molecular weight excluding hydrogens is 177 g/mol. The molecule has 74 valence electrons. The van der Waals surface area contributed by atoms with Crippen LogP contribution in [0.15, 0.2) is 23.2 Å². The monoisotopic (exact) mass is 191 g/mol. The Labute approximate surface area is 83.7 Å². The summed E-state index contributed by atoms with van der Waals surface area (Å²) in [5, 5.41) is 0. The summed E-state index contributed by atoms with van der Waals surface area (Å²) in [5.74, 6) is 0.347. The number of hydrogen-bond donors (Lipinski definition) is 0. The van der Waals surface area contributed by atoms with Gasteiger partial charge in [-0.15, -0.1) is 0 Å². The van der Waals surface area contributed by atoms with Gasteiger partial charge in [0.25, 0.3) is 0 Å². The van der Waals surface area contributed by atoms with Crippen molar-refractivity contribution in [2.45, 2.75) is 26.3 Å². The number of hydrogen-bond acceptors (Lipinski definition) is 1. The highest BCUT2D eigenvalue weighted by molar-refractivity contribution is 5.63. The first-order chi connectivity index (χ1) is 6.68. The lowest BCUT2D eigenvalue weighted by atomic mass is 9.96. The average molecular weight is 191 g/mol. The fourth-order valence-electron chi connectivity index (χ4n) is 1.98. The summed E-state index contributed by atoms with van der Waals surface area (Å²) >= 11 is 0. The molecule has 0 spiro atoms. The van der Waals surface area contributed by atoms with Crippen molar-refractivity contribution < 1.29 is 4.39 Å². The second-order valence-electron chi connectivity index (χ2n) is 4.00. The molecule has 1 aliphatic rings. The third-order valence-corrected chi connectivity index (χ3v) is 2.72. The molecule has 2 unspecified atom stereocenters. The number of halogens is 1. The van der Waals surface area contributed by atoms with E-state index in [1.165, 1.54) is 6.07 Å². The molecule has 0 aliphatic carbocycles. The van der Waals surface area contributed by atoms with E-state index in [4.69, 9.17) is 0 Å². The highest BCUT2D eigenvalue weighted by Gasteiger charge is 2.22. The molecule has 2 atom stereocenters. The predicted octanol–water partition coefficient (Wildman–Crippen LogP) is 3.29. The maximum atomic E-state index is 13.6. The third kappa shape index (κ3) is 1.57. The van der Waals surface area contributed by atoms with Crippen LogP contribution in [-0.2, 0) is 0 Å². The SMILES string of the molecule is Cc1cccc(F)c1C1CC(C)C=N1. The van der Waals surface area contributed by atoms with Gasteiger partial charge in [-0.05, 0) is 30.9 Å². The number of aliphatic imine (C=N–C) groups is 1. The Hall–Kier alpha value is -1.18. The van der Waals surface area contributed by atoms with Crippen LogP contribution in [0.3, 0.4) is 0 Å². The first kappa shape index (κ1) is 9.38. The average Bonchev–Trinajstić information content (AvgIpc) is 2.51. The molecule has 14 heavy (non-hydrogen) atoms. The lowest BCUT2D eigenvalue weighted by Crippen LogP contribution is -2.00. The Bertz CT molecular complexity index is 350. The maximum absolute atomic E-state index is 13.6. The molecule has 0 aromatic heterocycles. The Balaban J connectivity index is 2.37. The van der Waals surface area contributed by atoms with Crippen LogP contribution in [-0.4, -0.2) is 6.21 Å². The standard InChI is InChI=1S/C12H14FN/c1-8-6-11(14-7-8)12-9(2)4-3-5-10(12)13/h3-5,7-8,11H,6H2,1-2H3. The minimum Gasteiger partial charge on any atom is -0.289 e. The normalized spacial score (nSPS) is 25.6.